The summed E-state index contributed by atoms with van der Waals surface area (Å²) in [7, 11) is 5.34. The number of carbonyl (C=O) groups is 1. The molecule has 5 nitrogen and oxygen atoms in total. The summed E-state index contributed by atoms with van der Waals surface area (Å²) in [5.74, 6) is -0.0614. The smallest absolute Gasteiger partial charge is 0.496 e. The molecular weight excluding hydrogens is 361 g/mol. The first-order valence-corrected chi connectivity index (χ1v) is 8.14. The third-order valence-corrected chi connectivity index (χ3v) is 3.93. The lowest BCUT2D eigenvalue weighted by Crippen LogP contribution is -2.34. The Morgan fingerprint density at radius 1 is 1.11 bits per heavy atom. The number of methoxy groups -OCH3 is 1. The summed E-state index contributed by atoms with van der Waals surface area (Å²) >= 11 is 0. The summed E-state index contributed by atoms with van der Waals surface area (Å²) in [6.07, 6.45) is -4.77. The van der Waals surface area contributed by atoms with Gasteiger partial charge in [0.05, 0.1) is 13.2 Å². The number of nitrogens with zero attached hydrogens (tertiary/aromatic N) is 1. The van der Waals surface area contributed by atoms with Crippen LogP contribution in [0.3, 0.4) is 0 Å². The van der Waals surface area contributed by atoms with Crippen LogP contribution in [0.15, 0.2) is 48.5 Å². The summed E-state index contributed by atoms with van der Waals surface area (Å²) in [6.45, 7) is 0.299. The van der Waals surface area contributed by atoms with E-state index in [-0.39, 0.29) is 17.4 Å². The Balaban J connectivity index is 2.06. The number of hydrogen-bond donors (Lipinski definition) is 1. The number of para-hydroxylation sites is 1. The van der Waals surface area contributed by atoms with Gasteiger partial charge in [0.15, 0.2) is 0 Å². The van der Waals surface area contributed by atoms with Gasteiger partial charge in [0.25, 0.3) is 5.91 Å². The molecule has 2 aromatic carbocycles. The third kappa shape index (κ3) is 5.89. The lowest BCUT2D eigenvalue weighted by atomic mass is 10.0. The number of alkyl halides is 3. The van der Waals surface area contributed by atoms with Crippen LogP contribution >= 0.6 is 0 Å². The van der Waals surface area contributed by atoms with E-state index in [9.17, 15) is 18.0 Å². The number of halogens is 3. The van der Waals surface area contributed by atoms with Gasteiger partial charge in [0.2, 0.25) is 0 Å². The fourth-order valence-corrected chi connectivity index (χ4v) is 2.61. The van der Waals surface area contributed by atoms with Crippen molar-refractivity contribution in [2.45, 2.75) is 12.4 Å². The quantitative estimate of drug-likeness (QED) is 0.795. The number of hydrogen-bond acceptors (Lipinski definition) is 4. The zero-order chi connectivity index (χ0) is 20.0. The van der Waals surface area contributed by atoms with Crippen molar-refractivity contribution in [1.82, 2.24) is 10.2 Å². The van der Waals surface area contributed by atoms with Crippen molar-refractivity contribution in [3.8, 4) is 11.5 Å². The highest BCUT2D eigenvalue weighted by Gasteiger charge is 2.31. The van der Waals surface area contributed by atoms with E-state index in [1.165, 1.54) is 12.1 Å². The summed E-state index contributed by atoms with van der Waals surface area (Å²) < 4.78 is 45.8. The lowest BCUT2D eigenvalue weighted by molar-refractivity contribution is -0.274. The second-order valence-electron chi connectivity index (χ2n) is 6.00. The molecule has 1 atom stereocenters. The number of carbonyl (C=O) groups excluding carboxylic acids is 1. The molecule has 0 aliphatic rings. The highest BCUT2D eigenvalue weighted by Crippen LogP contribution is 2.27. The zero-order valence-corrected chi connectivity index (χ0v) is 15.2. The molecular formula is C19H21F3N2O3. The van der Waals surface area contributed by atoms with E-state index in [0.717, 1.165) is 17.7 Å². The Hall–Kier alpha value is -2.74. The fraction of sp³-hybridized carbons (Fsp3) is 0.316. The summed E-state index contributed by atoms with van der Waals surface area (Å²) in [5.41, 5.74) is 1.15. The first-order chi connectivity index (χ1) is 12.7. The molecule has 146 valence electrons. The van der Waals surface area contributed by atoms with Gasteiger partial charge in [-0.3, -0.25) is 4.79 Å². The van der Waals surface area contributed by atoms with Crippen molar-refractivity contribution in [3.63, 3.8) is 0 Å². The maximum absolute atomic E-state index is 12.3. The predicted octanol–water partition coefficient (Wildman–Crippen LogP) is 3.63. The molecule has 1 N–H and O–H groups in total. The van der Waals surface area contributed by atoms with E-state index in [0.29, 0.717) is 12.3 Å². The van der Waals surface area contributed by atoms with Crippen molar-refractivity contribution < 1.29 is 27.4 Å². The van der Waals surface area contributed by atoms with E-state index < -0.39 is 12.3 Å². The van der Waals surface area contributed by atoms with Crippen molar-refractivity contribution in [2.24, 2.45) is 0 Å². The van der Waals surface area contributed by atoms with Gasteiger partial charge in [-0.25, -0.2) is 0 Å². The zero-order valence-electron chi connectivity index (χ0n) is 15.2. The van der Waals surface area contributed by atoms with Gasteiger partial charge in [0.1, 0.15) is 11.5 Å². The number of likely N-dealkylation sites (N-methyl/N-ethyl adjacent to an activating group) is 1. The van der Waals surface area contributed by atoms with Gasteiger partial charge >= 0.3 is 6.36 Å². The highest BCUT2D eigenvalue weighted by molar-refractivity contribution is 5.94. The van der Waals surface area contributed by atoms with E-state index in [2.05, 4.69) is 10.1 Å². The van der Waals surface area contributed by atoms with Crippen LogP contribution in [0.4, 0.5) is 13.2 Å². The summed E-state index contributed by atoms with van der Waals surface area (Å²) in [4.78, 5) is 14.3. The normalized spacial score (nSPS) is 12.6. The Morgan fingerprint density at radius 3 is 2.30 bits per heavy atom. The largest absolute Gasteiger partial charge is 0.573 e. The molecule has 27 heavy (non-hydrogen) atoms. The SMILES string of the molecule is COc1ccccc1C(CNC(=O)c1ccc(OC(F)(F)F)cc1)N(C)C. The molecule has 2 aromatic rings. The Morgan fingerprint density at radius 2 is 1.74 bits per heavy atom. The minimum absolute atomic E-state index is 0.141. The van der Waals surface area contributed by atoms with Gasteiger partial charge in [-0.05, 0) is 44.4 Å². The van der Waals surface area contributed by atoms with Crippen molar-refractivity contribution in [2.75, 3.05) is 27.7 Å². The molecule has 0 aromatic heterocycles. The van der Waals surface area contributed by atoms with Crippen LogP contribution in [0.1, 0.15) is 22.0 Å². The lowest BCUT2D eigenvalue weighted by Gasteiger charge is -2.26. The Labute approximate surface area is 155 Å². The van der Waals surface area contributed by atoms with Crippen molar-refractivity contribution in [1.29, 1.82) is 0 Å². The minimum atomic E-state index is -4.77. The van der Waals surface area contributed by atoms with Gasteiger partial charge < -0.3 is 19.7 Å². The Bertz CT molecular complexity index is 762. The molecule has 1 amide bonds. The van der Waals surface area contributed by atoms with E-state index in [4.69, 9.17) is 4.74 Å². The minimum Gasteiger partial charge on any atom is -0.496 e. The van der Waals surface area contributed by atoms with Crippen molar-refractivity contribution in [3.05, 3.63) is 59.7 Å². The number of nitrogens with one attached hydrogen (secondary N) is 1. The number of amides is 1. The van der Waals surface area contributed by atoms with Crippen LogP contribution in [-0.4, -0.2) is 44.9 Å². The summed E-state index contributed by atoms with van der Waals surface area (Å²) in [5, 5.41) is 2.80. The second-order valence-corrected chi connectivity index (χ2v) is 6.00. The summed E-state index contributed by atoms with van der Waals surface area (Å²) in [6, 6.07) is 12.1. The van der Waals surface area contributed by atoms with E-state index in [1.807, 2.05) is 43.3 Å². The van der Waals surface area contributed by atoms with Crippen LogP contribution in [-0.2, 0) is 0 Å². The Kier molecular flexibility index (Phi) is 6.68. The van der Waals surface area contributed by atoms with Gasteiger partial charge in [-0.15, -0.1) is 13.2 Å². The van der Waals surface area contributed by atoms with E-state index >= 15 is 0 Å². The van der Waals surface area contributed by atoms with Gasteiger partial charge in [0, 0.05) is 17.7 Å². The number of ether oxygens (including phenoxy) is 2. The fourth-order valence-electron chi connectivity index (χ4n) is 2.61. The number of benzene rings is 2. The molecule has 0 aliphatic heterocycles. The average Bonchev–Trinajstić information content (AvgIpc) is 2.61. The molecule has 2 rings (SSSR count). The van der Waals surface area contributed by atoms with Gasteiger partial charge in [-0.2, -0.15) is 0 Å². The molecule has 0 fully saturated rings. The van der Waals surface area contributed by atoms with E-state index in [1.54, 1.807) is 7.11 Å². The predicted molar refractivity (Wildman–Crippen MR) is 94.9 cm³/mol. The molecule has 0 saturated heterocycles. The van der Waals surface area contributed by atoms with Crippen LogP contribution < -0.4 is 14.8 Å². The molecule has 0 saturated carbocycles. The topological polar surface area (TPSA) is 50.8 Å². The second kappa shape index (κ2) is 8.77. The molecule has 0 bridgehead atoms. The standard InChI is InChI=1S/C19H21F3N2O3/c1-24(2)16(15-6-4-5-7-17(15)26-3)12-23-18(25)13-8-10-14(11-9-13)27-19(20,21)22/h4-11,16H,12H2,1-3H3,(H,23,25). The number of rotatable bonds is 7. The molecule has 0 aliphatic carbocycles. The van der Waals surface area contributed by atoms with Crippen LogP contribution in [0.2, 0.25) is 0 Å². The molecule has 1 unspecified atom stereocenters. The molecule has 0 spiro atoms. The maximum atomic E-state index is 12.3. The molecule has 0 radical (unpaired) electrons. The van der Waals surface area contributed by atoms with Gasteiger partial charge in [-0.1, -0.05) is 18.2 Å². The molecule has 0 heterocycles. The maximum Gasteiger partial charge on any atom is 0.573 e. The molecule has 8 heteroatoms. The first-order valence-electron chi connectivity index (χ1n) is 8.14. The van der Waals surface area contributed by atoms with Crippen LogP contribution in [0, 0.1) is 0 Å². The first kappa shape index (κ1) is 20.6. The highest BCUT2D eigenvalue weighted by atomic mass is 19.4. The van der Waals surface area contributed by atoms with Crippen LogP contribution in [0.5, 0.6) is 11.5 Å². The average molecular weight is 382 g/mol. The van der Waals surface area contributed by atoms with Crippen molar-refractivity contribution >= 4 is 5.91 Å². The monoisotopic (exact) mass is 382 g/mol. The third-order valence-electron chi connectivity index (χ3n) is 3.93. The van der Waals surface area contributed by atoms with Crippen LogP contribution in [0.25, 0.3) is 0 Å².